The summed E-state index contributed by atoms with van der Waals surface area (Å²) in [6, 6.07) is 8.22. The predicted octanol–water partition coefficient (Wildman–Crippen LogP) is 4.65. The molecule has 1 aromatic carbocycles. The van der Waals surface area contributed by atoms with Gasteiger partial charge in [0, 0.05) is 19.0 Å². The topological polar surface area (TPSA) is 62.7 Å². The molecule has 0 atom stereocenters. The molecule has 30 heavy (non-hydrogen) atoms. The molecule has 1 saturated carbocycles. The smallest absolute Gasteiger partial charge is 0.373 e. The van der Waals surface area contributed by atoms with Gasteiger partial charge in [0.05, 0.1) is 11.7 Å². The molecule has 0 saturated heterocycles. The fourth-order valence-electron chi connectivity index (χ4n) is 3.08. The summed E-state index contributed by atoms with van der Waals surface area (Å²) in [4.78, 5) is 13.5. The molecular formula is C21H20F3N5U. The third-order valence-corrected chi connectivity index (χ3v) is 4.98. The molecule has 2 N–H and O–H groups in total. The van der Waals surface area contributed by atoms with Crippen LogP contribution in [0.4, 0.5) is 24.8 Å². The summed E-state index contributed by atoms with van der Waals surface area (Å²) in [6.45, 7) is 4.36. The number of fused-ring (bicyclic) bond motifs is 1. The van der Waals surface area contributed by atoms with Gasteiger partial charge < -0.3 is 17.6 Å². The summed E-state index contributed by atoms with van der Waals surface area (Å²) in [7, 11) is 1.76. The maximum absolute atomic E-state index is 12.9. The van der Waals surface area contributed by atoms with Gasteiger partial charge in [-0.3, -0.25) is 0 Å². The van der Waals surface area contributed by atoms with Gasteiger partial charge in [-0.15, -0.1) is 5.56 Å². The molecule has 0 unspecified atom stereocenters. The van der Waals surface area contributed by atoms with Crippen LogP contribution in [-0.4, -0.2) is 22.0 Å². The first kappa shape index (κ1) is 22.8. The zero-order valence-corrected chi connectivity index (χ0v) is 20.6. The minimum atomic E-state index is -4.43. The van der Waals surface area contributed by atoms with Crippen LogP contribution in [0.5, 0.6) is 0 Å². The summed E-state index contributed by atoms with van der Waals surface area (Å²) < 4.78 is 38.8. The van der Waals surface area contributed by atoms with Gasteiger partial charge in [0.15, 0.2) is 0 Å². The Hall–Kier alpha value is -1.85. The Kier molecular flexibility index (Phi) is 6.63. The molecule has 5 nitrogen and oxygen atoms in total. The van der Waals surface area contributed by atoms with Gasteiger partial charge in [-0.1, -0.05) is 18.4 Å². The number of halogens is 3. The molecule has 0 aliphatic heterocycles. The largest absolute Gasteiger partial charge is 2.00 e. The fourth-order valence-corrected chi connectivity index (χ4v) is 3.08. The van der Waals surface area contributed by atoms with Crippen LogP contribution in [0.15, 0.2) is 30.5 Å². The van der Waals surface area contributed by atoms with Gasteiger partial charge in [-0.05, 0) is 12.5 Å². The molecule has 4 rings (SSSR count). The molecule has 0 radical (unpaired) electrons. The number of nitrogens with one attached hydrogen (secondary N) is 2. The number of alkyl halides is 3. The summed E-state index contributed by atoms with van der Waals surface area (Å²) in [6.07, 6.45) is -0.0386. The molecule has 0 spiro atoms. The molecule has 0 bridgehead atoms. The zero-order chi connectivity index (χ0) is 20.6. The van der Waals surface area contributed by atoms with Crippen LogP contribution in [0.1, 0.15) is 29.8 Å². The van der Waals surface area contributed by atoms with Crippen molar-refractivity contribution in [3.05, 3.63) is 60.4 Å². The summed E-state index contributed by atoms with van der Waals surface area (Å²) >= 11 is 0. The van der Waals surface area contributed by atoms with E-state index in [0.717, 1.165) is 24.3 Å². The van der Waals surface area contributed by atoms with Crippen LogP contribution in [-0.2, 0) is 19.1 Å². The molecule has 3 aromatic rings. The molecular weight excluding hydrogens is 617 g/mol. The molecule has 0 amide bonds. The van der Waals surface area contributed by atoms with Crippen molar-refractivity contribution in [2.75, 3.05) is 17.7 Å². The third kappa shape index (κ3) is 5.25. The van der Waals surface area contributed by atoms with Crippen LogP contribution in [0.3, 0.4) is 0 Å². The van der Waals surface area contributed by atoms with Crippen molar-refractivity contribution in [1.82, 2.24) is 15.0 Å². The number of rotatable bonds is 6. The second-order valence-corrected chi connectivity index (χ2v) is 7.44. The standard InChI is InChI=1S/C21H20F3N5.U/c1-20(6-7-20)10-18-28-16-12-26-17(25-2)9-15(16)19(29-18)27-11-13-4-3-5-14(8-13)21(22,23)24;/h3-5,9,12H,1,6-7,10-11H2,2H3,(H,25,26)(H,27,28,29);/q-2;+2. The number of nitrogens with zero attached hydrogens (tertiary/aromatic N) is 3. The quantitative estimate of drug-likeness (QED) is 0.386. The van der Waals surface area contributed by atoms with Crippen LogP contribution in [0.25, 0.3) is 10.9 Å². The number of anilines is 2. The Morgan fingerprint density at radius 3 is 2.67 bits per heavy atom. The van der Waals surface area contributed by atoms with Crippen LogP contribution < -0.4 is 10.6 Å². The summed E-state index contributed by atoms with van der Waals surface area (Å²) in [5, 5.41) is 6.87. The van der Waals surface area contributed by atoms with E-state index in [4.69, 9.17) is 0 Å². The molecule has 2 aromatic heterocycles. The molecule has 1 aliphatic rings. The van der Waals surface area contributed by atoms with E-state index in [1.165, 1.54) is 6.07 Å². The first-order chi connectivity index (χ1) is 13.8. The second kappa shape index (κ2) is 8.72. The molecule has 9 heteroatoms. The molecule has 2 heterocycles. The number of benzene rings is 1. The number of aromatic nitrogens is 3. The average Bonchev–Trinajstić information content (AvgIpc) is 3.42. The van der Waals surface area contributed by atoms with E-state index in [0.29, 0.717) is 35.0 Å². The average molecular weight is 637 g/mol. The van der Waals surface area contributed by atoms with Gasteiger partial charge in [0.1, 0.15) is 17.5 Å². The van der Waals surface area contributed by atoms with Gasteiger partial charge in [0.2, 0.25) is 0 Å². The Morgan fingerprint density at radius 2 is 2.00 bits per heavy atom. The Labute approximate surface area is 196 Å². The normalized spacial score (nSPS) is 14.8. The minimum Gasteiger partial charge on any atom is -0.373 e. The van der Waals surface area contributed by atoms with Gasteiger partial charge in [-0.25, -0.2) is 15.0 Å². The van der Waals surface area contributed by atoms with Crippen molar-refractivity contribution < 1.29 is 44.3 Å². The van der Waals surface area contributed by atoms with Crippen LogP contribution in [0.2, 0.25) is 0 Å². The van der Waals surface area contributed by atoms with Crippen molar-refractivity contribution in [2.24, 2.45) is 5.41 Å². The number of hydrogen-bond donors (Lipinski definition) is 2. The molecule has 1 fully saturated rings. The molecule has 154 valence electrons. The van der Waals surface area contributed by atoms with E-state index in [1.807, 2.05) is 6.07 Å². The van der Waals surface area contributed by atoms with Gasteiger partial charge in [0.25, 0.3) is 0 Å². The first-order valence-corrected chi connectivity index (χ1v) is 9.28. The maximum Gasteiger partial charge on any atom is 2.00 e. The van der Waals surface area contributed by atoms with Gasteiger partial charge in [-0.2, -0.15) is 42.9 Å². The van der Waals surface area contributed by atoms with E-state index in [-0.39, 0.29) is 43.1 Å². The Bertz CT molecular complexity index is 1050. The fraction of sp³-hybridized carbons (Fsp3) is 0.333. The monoisotopic (exact) mass is 637 g/mol. The van der Waals surface area contributed by atoms with Crippen molar-refractivity contribution in [2.45, 2.75) is 32.0 Å². The summed E-state index contributed by atoms with van der Waals surface area (Å²) in [5.74, 6) is 1.86. The Morgan fingerprint density at radius 1 is 1.23 bits per heavy atom. The van der Waals surface area contributed by atoms with Crippen molar-refractivity contribution in [3.63, 3.8) is 0 Å². The third-order valence-electron chi connectivity index (χ3n) is 4.98. The van der Waals surface area contributed by atoms with Gasteiger partial charge >= 0.3 is 37.3 Å². The first-order valence-electron chi connectivity index (χ1n) is 9.28. The van der Waals surface area contributed by atoms with Crippen molar-refractivity contribution in [1.29, 1.82) is 0 Å². The van der Waals surface area contributed by atoms with Crippen molar-refractivity contribution in [3.8, 4) is 0 Å². The van der Waals surface area contributed by atoms with Crippen LogP contribution in [0, 0.1) is 49.5 Å². The van der Waals surface area contributed by atoms with E-state index in [1.54, 1.807) is 19.3 Å². The van der Waals surface area contributed by atoms with E-state index >= 15 is 0 Å². The number of hydrogen-bond acceptors (Lipinski definition) is 5. The Balaban J connectivity index is 0.00000256. The van der Waals surface area contributed by atoms with Crippen LogP contribution >= 0.6 is 0 Å². The maximum atomic E-state index is 12.9. The van der Waals surface area contributed by atoms with E-state index in [2.05, 4.69) is 38.6 Å². The minimum absolute atomic E-state index is 0. The number of pyridine rings is 1. The zero-order valence-electron chi connectivity index (χ0n) is 16.4. The second-order valence-electron chi connectivity index (χ2n) is 7.44. The predicted molar refractivity (Wildman–Crippen MR) is 105 cm³/mol. The van der Waals surface area contributed by atoms with E-state index in [9.17, 15) is 13.2 Å². The van der Waals surface area contributed by atoms with E-state index < -0.39 is 11.7 Å². The summed E-state index contributed by atoms with van der Waals surface area (Å²) in [5.41, 5.74) is 0.262. The van der Waals surface area contributed by atoms with Crippen molar-refractivity contribution >= 4 is 22.5 Å². The molecule has 1 aliphatic carbocycles. The SMILES string of the molecule is [CH2-]C1(Cc2nc(NCc3[c-]c(C(F)(F)F)ccc3)c3cc(NC)ncc3n2)CC1.[U+2].